The van der Waals surface area contributed by atoms with Crippen molar-refractivity contribution in [3.8, 4) is 0 Å². The van der Waals surface area contributed by atoms with Gasteiger partial charge in [0.15, 0.2) is 0 Å². The quantitative estimate of drug-likeness (QED) is 0.819. The number of rotatable bonds is 3. The van der Waals surface area contributed by atoms with Gasteiger partial charge in [-0.25, -0.2) is 0 Å². The number of aliphatic hydroxyl groups excluding tert-OH is 1. The molecular weight excluding hydrogens is 240 g/mol. The van der Waals surface area contributed by atoms with E-state index >= 15 is 0 Å². The number of hydrogen-bond donors (Lipinski definition) is 1. The lowest BCUT2D eigenvalue weighted by atomic mass is 10.1. The first-order chi connectivity index (χ1) is 6.63. The molecule has 0 bridgehead atoms. The fraction of sp³-hybridized carbons (Fsp3) is 0.167. The van der Waals surface area contributed by atoms with E-state index in [9.17, 15) is 5.11 Å². The third kappa shape index (κ3) is 3.13. The zero-order chi connectivity index (χ0) is 10.6. The van der Waals surface area contributed by atoms with Crippen LogP contribution < -0.4 is 0 Å². The van der Waals surface area contributed by atoms with Gasteiger partial charge in [0.25, 0.3) is 0 Å². The molecular formula is C12H13BrO. The Hall–Kier alpha value is -0.860. The Kier molecular flexibility index (Phi) is 4.11. The molecule has 0 radical (unpaired) electrons. The number of aryl methyl sites for hydroxylation is 1. The lowest BCUT2D eigenvalue weighted by molar-refractivity contribution is 0.273. The van der Waals surface area contributed by atoms with Gasteiger partial charge in [-0.1, -0.05) is 51.8 Å². The van der Waals surface area contributed by atoms with Gasteiger partial charge in [0.1, 0.15) is 0 Å². The van der Waals surface area contributed by atoms with E-state index in [2.05, 4.69) is 22.5 Å². The number of hydrogen-bond acceptors (Lipinski definition) is 1. The third-order valence-electron chi connectivity index (χ3n) is 1.89. The van der Waals surface area contributed by atoms with Crippen molar-refractivity contribution < 1.29 is 5.11 Å². The van der Waals surface area contributed by atoms with Crippen LogP contribution >= 0.6 is 15.9 Å². The van der Waals surface area contributed by atoms with E-state index in [-0.39, 0.29) is 0 Å². The topological polar surface area (TPSA) is 20.2 Å². The van der Waals surface area contributed by atoms with Gasteiger partial charge in [-0.3, -0.25) is 0 Å². The minimum atomic E-state index is -0.606. The fourth-order valence-corrected chi connectivity index (χ4v) is 1.56. The van der Waals surface area contributed by atoms with Gasteiger partial charge in [0.05, 0.1) is 6.10 Å². The van der Waals surface area contributed by atoms with Crippen molar-refractivity contribution in [2.75, 3.05) is 0 Å². The summed E-state index contributed by atoms with van der Waals surface area (Å²) in [4.78, 5) is 0. The molecule has 2 heteroatoms. The third-order valence-corrected chi connectivity index (χ3v) is 2.61. The molecule has 0 saturated carbocycles. The van der Waals surface area contributed by atoms with Crippen molar-refractivity contribution in [1.29, 1.82) is 0 Å². The van der Waals surface area contributed by atoms with Gasteiger partial charge in [0, 0.05) is 4.48 Å². The average molecular weight is 253 g/mol. The Bertz CT molecular complexity index is 338. The van der Waals surface area contributed by atoms with Crippen molar-refractivity contribution in [1.82, 2.24) is 0 Å². The molecule has 0 aliphatic heterocycles. The minimum Gasteiger partial charge on any atom is -0.385 e. The second-order valence-electron chi connectivity index (χ2n) is 3.11. The molecule has 1 atom stereocenters. The highest BCUT2D eigenvalue weighted by Crippen LogP contribution is 2.21. The van der Waals surface area contributed by atoms with Crippen molar-refractivity contribution in [3.05, 3.63) is 54.1 Å². The molecule has 0 aliphatic carbocycles. The largest absolute Gasteiger partial charge is 0.385 e. The number of aliphatic hydroxyl groups is 1. The summed E-state index contributed by atoms with van der Waals surface area (Å²) in [6, 6.07) is 8.08. The molecule has 0 aromatic heterocycles. The van der Waals surface area contributed by atoms with Crippen LogP contribution in [0.5, 0.6) is 0 Å². The summed E-state index contributed by atoms with van der Waals surface area (Å²) in [5.74, 6) is 0. The second kappa shape index (κ2) is 5.13. The highest BCUT2D eigenvalue weighted by molar-refractivity contribution is 9.15. The zero-order valence-electron chi connectivity index (χ0n) is 8.07. The van der Waals surface area contributed by atoms with E-state index in [0.29, 0.717) is 0 Å². The van der Waals surface area contributed by atoms with Crippen LogP contribution in [0.1, 0.15) is 11.1 Å². The van der Waals surface area contributed by atoms with Crippen LogP contribution in [0.15, 0.2) is 43.0 Å². The molecule has 1 N–H and O–H groups in total. The summed E-state index contributed by atoms with van der Waals surface area (Å²) in [6.45, 7) is 5.55. The first kappa shape index (κ1) is 11.2. The molecule has 0 aliphatic rings. The summed E-state index contributed by atoms with van der Waals surface area (Å²) in [5.41, 5.74) is 2.27. The molecule has 0 saturated heterocycles. The van der Waals surface area contributed by atoms with Crippen LogP contribution in [0.4, 0.5) is 0 Å². The van der Waals surface area contributed by atoms with Gasteiger partial charge in [-0.05, 0) is 18.6 Å². The van der Waals surface area contributed by atoms with Gasteiger partial charge in [0.2, 0.25) is 0 Å². The lowest BCUT2D eigenvalue weighted by Crippen LogP contribution is -1.95. The van der Waals surface area contributed by atoms with E-state index in [1.165, 1.54) is 11.6 Å². The summed E-state index contributed by atoms with van der Waals surface area (Å²) in [7, 11) is 0. The fourth-order valence-electron chi connectivity index (χ4n) is 1.03. The van der Waals surface area contributed by atoms with E-state index in [1.807, 2.05) is 31.2 Å². The Morgan fingerprint density at radius 3 is 2.50 bits per heavy atom. The normalized spacial score (nSPS) is 13.8. The predicted octanol–water partition coefficient (Wildman–Crippen LogP) is 3.28. The van der Waals surface area contributed by atoms with Crippen LogP contribution in [0, 0.1) is 6.92 Å². The lowest BCUT2D eigenvalue weighted by Gasteiger charge is -2.02. The maximum Gasteiger partial charge on any atom is 0.0914 e. The minimum absolute atomic E-state index is 0.606. The molecule has 1 rings (SSSR count). The van der Waals surface area contributed by atoms with Crippen LogP contribution in [0.3, 0.4) is 0 Å². The van der Waals surface area contributed by atoms with E-state index < -0.39 is 6.10 Å². The Morgan fingerprint density at radius 1 is 1.43 bits per heavy atom. The van der Waals surface area contributed by atoms with Gasteiger partial charge in [-0.2, -0.15) is 0 Å². The van der Waals surface area contributed by atoms with Crippen LogP contribution in [-0.2, 0) is 0 Å². The van der Waals surface area contributed by atoms with Gasteiger partial charge in [-0.15, -0.1) is 6.58 Å². The van der Waals surface area contributed by atoms with Crippen LogP contribution in [0.25, 0.3) is 4.48 Å². The maximum atomic E-state index is 9.32. The summed E-state index contributed by atoms with van der Waals surface area (Å²) in [5, 5.41) is 9.32. The maximum absolute atomic E-state index is 9.32. The van der Waals surface area contributed by atoms with Crippen LogP contribution in [-0.4, -0.2) is 11.2 Å². The smallest absolute Gasteiger partial charge is 0.0914 e. The first-order valence-electron chi connectivity index (χ1n) is 4.38. The molecule has 74 valence electrons. The van der Waals surface area contributed by atoms with E-state index in [4.69, 9.17) is 0 Å². The zero-order valence-corrected chi connectivity index (χ0v) is 9.66. The molecule has 1 aromatic carbocycles. The second-order valence-corrected chi connectivity index (χ2v) is 3.96. The van der Waals surface area contributed by atoms with Crippen LogP contribution in [0.2, 0.25) is 0 Å². The van der Waals surface area contributed by atoms with Crippen molar-refractivity contribution in [2.45, 2.75) is 13.0 Å². The molecule has 0 spiro atoms. The van der Waals surface area contributed by atoms with Gasteiger partial charge >= 0.3 is 0 Å². The van der Waals surface area contributed by atoms with E-state index in [1.54, 1.807) is 6.08 Å². The average Bonchev–Trinajstić information content (AvgIpc) is 2.18. The SMILES string of the molecule is C=CC(O)/C=C(\Br)c1ccc(C)cc1. The summed E-state index contributed by atoms with van der Waals surface area (Å²) >= 11 is 3.41. The predicted molar refractivity (Wildman–Crippen MR) is 64.3 cm³/mol. The van der Waals surface area contributed by atoms with Crippen molar-refractivity contribution in [3.63, 3.8) is 0 Å². The Labute approximate surface area is 92.9 Å². The highest BCUT2D eigenvalue weighted by Gasteiger charge is 1.99. The standard InChI is InChI=1S/C12H13BrO/c1-3-11(14)8-12(13)10-6-4-9(2)5-7-10/h3-8,11,14H,1H2,2H3/b12-8-. The first-order valence-corrected chi connectivity index (χ1v) is 5.18. The molecule has 0 fully saturated rings. The molecule has 1 nitrogen and oxygen atoms in total. The molecule has 0 heterocycles. The van der Waals surface area contributed by atoms with Crippen molar-refractivity contribution >= 4 is 20.4 Å². The molecule has 0 amide bonds. The Morgan fingerprint density at radius 2 is 2.00 bits per heavy atom. The van der Waals surface area contributed by atoms with E-state index in [0.717, 1.165) is 10.0 Å². The summed E-state index contributed by atoms with van der Waals surface area (Å²) in [6.07, 6.45) is 2.58. The molecule has 1 aromatic rings. The summed E-state index contributed by atoms with van der Waals surface area (Å²) < 4.78 is 0.880. The monoisotopic (exact) mass is 252 g/mol. The highest BCUT2D eigenvalue weighted by atomic mass is 79.9. The number of benzene rings is 1. The molecule has 1 unspecified atom stereocenters. The Balaban J connectivity index is 2.88. The molecule has 14 heavy (non-hydrogen) atoms. The van der Waals surface area contributed by atoms with Crippen molar-refractivity contribution in [2.24, 2.45) is 0 Å². The number of halogens is 1. The van der Waals surface area contributed by atoms with Gasteiger partial charge < -0.3 is 5.11 Å².